The molecule has 0 saturated carbocycles. The molecule has 30 heavy (non-hydrogen) atoms. The summed E-state index contributed by atoms with van der Waals surface area (Å²) in [7, 11) is 0. The minimum atomic E-state index is -0.297. The lowest BCUT2D eigenvalue weighted by molar-refractivity contribution is -0.113. The van der Waals surface area contributed by atoms with Gasteiger partial charge in [-0.05, 0) is 38.1 Å². The van der Waals surface area contributed by atoms with Gasteiger partial charge < -0.3 is 14.6 Å². The molecule has 0 bridgehead atoms. The Hall–Kier alpha value is -1.93. The summed E-state index contributed by atoms with van der Waals surface area (Å²) in [5.41, 5.74) is 0.330. The van der Waals surface area contributed by atoms with Crippen LogP contribution in [0.4, 0.5) is 5.69 Å². The molecule has 2 aromatic carbocycles. The van der Waals surface area contributed by atoms with Crippen molar-refractivity contribution in [3.63, 3.8) is 0 Å². The van der Waals surface area contributed by atoms with E-state index in [0.717, 1.165) is 5.75 Å². The molecule has 0 aliphatic heterocycles. The van der Waals surface area contributed by atoms with E-state index >= 15 is 0 Å². The van der Waals surface area contributed by atoms with Crippen molar-refractivity contribution >= 4 is 58.2 Å². The van der Waals surface area contributed by atoms with Crippen LogP contribution in [0.1, 0.15) is 25.8 Å². The molecule has 3 aromatic rings. The number of amides is 1. The van der Waals surface area contributed by atoms with Crippen molar-refractivity contribution in [1.29, 1.82) is 0 Å². The predicted octanol–water partition coefficient (Wildman–Crippen LogP) is 6.13. The van der Waals surface area contributed by atoms with Crippen LogP contribution in [-0.2, 0) is 11.3 Å². The van der Waals surface area contributed by atoms with E-state index in [2.05, 4.69) is 15.5 Å². The number of hydrogen-bond donors (Lipinski definition) is 1. The van der Waals surface area contributed by atoms with E-state index in [0.29, 0.717) is 28.2 Å². The lowest BCUT2D eigenvalue weighted by atomic mass is 10.3. The molecule has 10 heteroatoms. The number of carbonyl (C=O) groups excluding carboxylic acids is 1. The van der Waals surface area contributed by atoms with Gasteiger partial charge in [-0.15, -0.1) is 10.2 Å². The highest BCUT2D eigenvalue weighted by atomic mass is 35.5. The zero-order valence-corrected chi connectivity index (χ0v) is 19.3. The van der Waals surface area contributed by atoms with Gasteiger partial charge in [-0.1, -0.05) is 64.8 Å². The van der Waals surface area contributed by atoms with Crippen LogP contribution in [0.5, 0.6) is 5.75 Å². The first-order chi connectivity index (χ1) is 14.4. The third-order valence-corrected chi connectivity index (χ3v) is 5.87. The summed E-state index contributed by atoms with van der Waals surface area (Å²) in [6.45, 7) is 4.54. The van der Waals surface area contributed by atoms with Crippen molar-refractivity contribution in [1.82, 2.24) is 14.8 Å². The number of para-hydroxylation sites is 1. The summed E-state index contributed by atoms with van der Waals surface area (Å²) in [6.07, 6.45) is -0.297. The quantitative estimate of drug-likeness (QED) is 0.389. The summed E-state index contributed by atoms with van der Waals surface area (Å²) in [6, 6.07) is 12.6. The number of anilines is 1. The highest BCUT2D eigenvalue weighted by Crippen LogP contribution is 2.34. The van der Waals surface area contributed by atoms with Crippen LogP contribution in [0, 0.1) is 0 Å². The van der Waals surface area contributed by atoms with E-state index in [-0.39, 0.29) is 27.8 Å². The maximum Gasteiger partial charge on any atom is 0.234 e. The molecule has 0 aliphatic carbocycles. The van der Waals surface area contributed by atoms with Gasteiger partial charge in [0.15, 0.2) is 17.1 Å². The normalized spacial score (nSPS) is 11.9. The zero-order valence-electron chi connectivity index (χ0n) is 16.2. The summed E-state index contributed by atoms with van der Waals surface area (Å²) in [5, 5.41) is 12.8. The van der Waals surface area contributed by atoms with Crippen LogP contribution in [0.15, 0.2) is 47.6 Å². The first-order valence-corrected chi connectivity index (χ1v) is 11.2. The SMILES string of the molecule is CCn1c(SCC(=O)Nc2c(Cl)cc(Cl)cc2Cl)nnc1[C@H](C)Oc1ccccc1. The number of benzene rings is 2. The molecular weight excluding hydrogens is 467 g/mol. The number of ether oxygens (including phenoxy) is 1. The molecule has 158 valence electrons. The van der Waals surface area contributed by atoms with Gasteiger partial charge in [0, 0.05) is 11.6 Å². The Bertz CT molecular complexity index is 1010. The molecule has 0 aliphatic rings. The van der Waals surface area contributed by atoms with Crippen LogP contribution in [0.2, 0.25) is 15.1 Å². The van der Waals surface area contributed by atoms with E-state index in [4.69, 9.17) is 39.5 Å². The number of aromatic nitrogens is 3. The third-order valence-electron chi connectivity index (χ3n) is 4.09. The van der Waals surface area contributed by atoms with E-state index in [1.807, 2.05) is 48.7 Å². The van der Waals surface area contributed by atoms with Crippen LogP contribution in [-0.4, -0.2) is 26.4 Å². The van der Waals surface area contributed by atoms with Crippen molar-refractivity contribution in [2.75, 3.05) is 11.1 Å². The molecule has 0 unspecified atom stereocenters. The molecule has 0 saturated heterocycles. The maximum atomic E-state index is 12.4. The number of thioether (sulfide) groups is 1. The number of carbonyl (C=O) groups is 1. The van der Waals surface area contributed by atoms with Crippen molar-refractivity contribution in [3.05, 3.63) is 63.4 Å². The van der Waals surface area contributed by atoms with Crippen LogP contribution >= 0.6 is 46.6 Å². The van der Waals surface area contributed by atoms with Gasteiger partial charge in [0.05, 0.1) is 21.5 Å². The molecule has 0 spiro atoms. The first-order valence-electron chi connectivity index (χ1n) is 9.11. The first kappa shape index (κ1) is 22.7. The summed E-state index contributed by atoms with van der Waals surface area (Å²) >= 11 is 19.4. The molecule has 0 fully saturated rings. The minimum absolute atomic E-state index is 0.112. The minimum Gasteiger partial charge on any atom is -0.483 e. The molecule has 1 heterocycles. The molecule has 1 amide bonds. The number of hydrogen-bond acceptors (Lipinski definition) is 5. The van der Waals surface area contributed by atoms with E-state index < -0.39 is 0 Å². The monoisotopic (exact) mass is 484 g/mol. The molecular formula is C20H19Cl3N4O2S. The Morgan fingerprint density at radius 3 is 2.47 bits per heavy atom. The van der Waals surface area contributed by atoms with E-state index in [1.165, 1.54) is 23.9 Å². The second-order valence-corrected chi connectivity index (χ2v) is 8.43. The second kappa shape index (κ2) is 10.4. The van der Waals surface area contributed by atoms with Gasteiger partial charge in [-0.2, -0.15) is 0 Å². The predicted molar refractivity (Wildman–Crippen MR) is 122 cm³/mol. The lowest BCUT2D eigenvalue weighted by Crippen LogP contribution is -2.16. The Balaban J connectivity index is 1.65. The highest BCUT2D eigenvalue weighted by molar-refractivity contribution is 7.99. The molecule has 1 aromatic heterocycles. The van der Waals surface area contributed by atoms with Gasteiger partial charge >= 0.3 is 0 Å². The van der Waals surface area contributed by atoms with Gasteiger partial charge in [0.1, 0.15) is 5.75 Å². The molecule has 0 radical (unpaired) electrons. The molecule has 1 atom stereocenters. The van der Waals surface area contributed by atoms with Crippen molar-refractivity contribution in [2.45, 2.75) is 31.7 Å². The standard InChI is InChI=1S/C20H19Cl3N4O2S/c1-3-27-19(12(2)29-14-7-5-4-6-8-14)25-26-20(27)30-11-17(28)24-18-15(22)9-13(21)10-16(18)23/h4-10,12H,3,11H2,1-2H3,(H,24,28)/t12-/m0/s1. The summed E-state index contributed by atoms with van der Waals surface area (Å²) < 4.78 is 7.87. The largest absolute Gasteiger partial charge is 0.483 e. The zero-order chi connectivity index (χ0) is 21.7. The van der Waals surface area contributed by atoms with Crippen molar-refractivity contribution in [2.24, 2.45) is 0 Å². The third kappa shape index (κ3) is 5.60. The smallest absolute Gasteiger partial charge is 0.234 e. The number of nitrogens with one attached hydrogen (secondary N) is 1. The second-order valence-electron chi connectivity index (χ2n) is 6.24. The van der Waals surface area contributed by atoms with Gasteiger partial charge in [-0.3, -0.25) is 4.79 Å². The molecule has 3 rings (SSSR count). The van der Waals surface area contributed by atoms with E-state index in [1.54, 1.807) is 0 Å². The van der Waals surface area contributed by atoms with Crippen molar-refractivity contribution in [3.8, 4) is 5.75 Å². The van der Waals surface area contributed by atoms with Gasteiger partial charge in [0.25, 0.3) is 0 Å². The Morgan fingerprint density at radius 2 is 1.83 bits per heavy atom. The number of nitrogens with zero attached hydrogens (tertiary/aromatic N) is 3. The van der Waals surface area contributed by atoms with E-state index in [9.17, 15) is 4.79 Å². The lowest BCUT2D eigenvalue weighted by Gasteiger charge is -2.15. The van der Waals surface area contributed by atoms with Crippen molar-refractivity contribution < 1.29 is 9.53 Å². The Kier molecular flexibility index (Phi) is 7.88. The van der Waals surface area contributed by atoms with Crippen LogP contribution < -0.4 is 10.1 Å². The highest BCUT2D eigenvalue weighted by Gasteiger charge is 2.20. The average Bonchev–Trinajstić information content (AvgIpc) is 3.13. The summed E-state index contributed by atoms with van der Waals surface area (Å²) in [5.74, 6) is 1.28. The molecule has 1 N–H and O–H groups in total. The van der Waals surface area contributed by atoms with Crippen LogP contribution in [0.3, 0.4) is 0 Å². The van der Waals surface area contributed by atoms with Crippen LogP contribution in [0.25, 0.3) is 0 Å². The maximum absolute atomic E-state index is 12.4. The van der Waals surface area contributed by atoms with Gasteiger partial charge in [0.2, 0.25) is 5.91 Å². The average molecular weight is 486 g/mol. The fourth-order valence-corrected chi connectivity index (χ4v) is 4.45. The fraction of sp³-hybridized carbons (Fsp3) is 0.250. The molecule has 6 nitrogen and oxygen atoms in total. The number of rotatable bonds is 8. The fourth-order valence-electron chi connectivity index (χ4n) is 2.73. The van der Waals surface area contributed by atoms with Gasteiger partial charge in [-0.25, -0.2) is 0 Å². The Morgan fingerprint density at radius 1 is 1.17 bits per heavy atom. The summed E-state index contributed by atoms with van der Waals surface area (Å²) in [4.78, 5) is 12.4. The topological polar surface area (TPSA) is 69.0 Å². The Labute approximate surface area is 193 Å². The number of halogens is 3.